The van der Waals surface area contributed by atoms with Crippen LogP contribution >= 0.6 is 27.5 Å². The number of rotatable bonds is 4. The highest BCUT2D eigenvalue weighted by Crippen LogP contribution is 2.23. The van der Waals surface area contributed by atoms with Crippen LogP contribution in [0.15, 0.2) is 41.4 Å². The van der Waals surface area contributed by atoms with Crippen LogP contribution in [0, 0.1) is 0 Å². The molecule has 1 heterocycles. The van der Waals surface area contributed by atoms with Crippen molar-refractivity contribution in [2.45, 2.75) is 19.5 Å². The molecule has 0 aliphatic carbocycles. The molecule has 0 radical (unpaired) electrons. The largest absolute Gasteiger partial charge is 0.348 e. The second kappa shape index (κ2) is 6.21. The Bertz CT molecular complexity index is 571. The van der Waals surface area contributed by atoms with Crippen LogP contribution < -0.4 is 5.32 Å². The summed E-state index contributed by atoms with van der Waals surface area (Å²) >= 11 is 9.27. The molecule has 0 bridgehead atoms. The van der Waals surface area contributed by atoms with Gasteiger partial charge in [-0.05, 0) is 41.1 Å². The molecule has 0 saturated carbocycles. The molecular weight excluding hydrogens is 330 g/mol. The fraction of sp³-hybridized carbons (Fsp3) is 0.231. The van der Waals surface area contributed by atoms with Gasteiger partial charge in [-0.25, -0.2) is 4.98 Å². The molecule has 0 fully saturated rings. The molecule has 1 amide bonds. The summed E-state index contributed by atoms with van der Waals surface area (Å²) < 4.78 is 2.69. The Balaban J connectivity index is 1.98. The number of hydrogen-bond acceptors (Lipinski definition) is 2. The van der Waals surface area contributed by atoms with Crippen LogP contribution in [0.25, 0.3) is 0 Å². The molecule has 6 heteroatoms. The fourth-order valence-electron chi connectivity index (χ4n) is 1.70. The van der Waals surface area contributed by atoms with Gasteiger partial charge in [0.1, 0.15) is 0 Å². The van der Waals surface area contributed by atoms with Crippen LogP contribution in [-0.2, 0) is 6.54 Å². The van der Waals surface area contributed by atoms with Crippen molar-refractivity contribution >= 4 is 33.4 Å². The van der Waals surface area contributed by atoms with Crippen molar-refractivity contribution < 1.29 is 4.79 Å². The van der Waals surface area contributed by atoms with E-state index in [0.717, 1.165) is 4.47 Å². The van der Waals surface area contributed by atoms with Gasteiger partial charge in [-0.15, -0.1) is 0 Å². The first-order valence-electron chi connectivity index (χ1n) is 5.78. The minimum absolute atomic E-state index is 0.00382. The van der Waals surface area contributed by atoms with E-state index in [1.54, 1.807) is 30.7 Å². The Hall–Kier alpha value is -1.33. The lowest BCUT2D eigenvalue weighted by Crippen LogP contribution is -2.35. The van der Waals surface area contributed by atoms with E-state index in [9.17, 15) is 4.79 Å². The van der Waals surface area contributed by atoms with Crippen molar-refractivity contribution in [3.8, 4) is 0 Å². The van der Waals surface area contributed by atoms with E-state index in [1.165, 1.54) is 0 Å². The second-order valence-electron chi connectivity index (χ2n) is 4.26. The fourth-order valence-corrected chi connectivity index (χ4v) is 2.13. The van der Waals surface area contributed by atoms with Gasteiger partial charge in [0.2, 0.25) is 0 Å². The monoisotopic (exact) mass is 341 g/mol. The number of imidazole rings is 1. The zero-order valence-corrected chi connectivity index (χ0v) is 12.6. The van der Waals surface area contributed by atoms with E-state index in [1.807, 2.05) is 17.7 Å². The first-order chi connectivity index (χ1) is 9.06. The first-order valence-corrected chi connectivity index (χ1v) is 6.95. The maximum atomic E-state index is 12.0. The Morgan fingerprint density at radius 3 is 3.00 bits per heavy atom. The Labute approximate surface area is 124 Å². The van der Waals surface area contributed by atoms with E-state index in [2.05, 4.69) is 26.2 Å². The Morgan fingerprint density at radius 1 is 1.58 bits per heavy atom. The molecular formula is C13H13BrClN3O. The second-order valence-corrected chi connectivity index (χ2v) is 5.52. The van der Waals surface area contributed by atoms with E-state index in [4.69, 9.17) is 11.6 Å². The lowest BCUT2D eigenvalue weighted by molar-refractivity contribution is 0.0936. The minimum Gasteiger partial charge on any atom is -0.348 e. The van der Waals surface area contributed by atoms with Gasteiger partial charge in [-0.1, -0.05) is 11.6 Å². The first kappa shape index (κ1) is 14.1. The summed E-state index contributed by atoms with van der Waals surface area (Å²) in [6, 6.07) is 5.14. The molecule has 1 aromatic carbocycles. The maximum absolute atomic E-state index is 12.0. The number of nitrogens with one attached hydrogen (secondary N) is 1. The van der Waals surface area contributed by atoms with Crippen molar-refractivity contribution in [1.29, 1.82) is 0 Å². The van der Waals surface area contributed by atoms with E-state index in [0.29, 0.717) is 17.1 Å². The van der Waals surface area contributed by atoms with E-state index >= 15 is 0 Å². The summed E-state index contributed by atoms with van der Waals surface area (Å²) in [7, 11) is 0. The summed E-state index contributed by atoms with van der Waals surface area (Å²) in [4.78, 5) is 16.0. The predicted octanol–water partition coefficient (Wildman–Crippen LogP) is 3.12. The molecule has 2 aromatic rings. The van der Waals surface area contributed by atoms with Gasteiger partial charge < -0.3 is 9.88 Å². The van der Waals surface area contributed by atoms with Gasteiger partial charge in [0.15, 0.2) is 0 Å². The summed E-state index contributed by atoms with van der Waals surface area (Å²) in [5.74, 6) is -0.137. The topological polar surface area (TPSA) is 46.9 Å². The van der Waals surface area contributed by atoms with Crippen LogP contribution in [-0.4, -0.2) is 21.5 Å². The van der Waals surface area contributed by atoms with Gasteiger partial charge in [0.05, 0.1) is 11.3 Å². The van der Waals surface area contributed by atoms with Crippen LogP contribution in [0.3, 0.4) is 0 Å². The Morgan fingerprint density at radius 2 is 2.37 bits per heavy atom. The van der Waals surface area contributed by atoms with E-state index in [-0.39, 0.29) is 11.9 Å². The highest BCUT2D eigenvalue weighted by molar-refractivity contribution is 9.10. The van der Waals surface area contributed by atoms with Crippen LogP contribution in [0.4, 0.5) is 0 Å². The zero-order chi connectivity index (χ0) is 13.8. The molecule has 1 N–H and O–H groups in total. The molecule has 1 unspecified atom stereocenters. The van der Waals surface area contributed by atoms with Crippen LogP contribution in [0.5, 0.6) is 0 Å². The van der Waals surface area contributed by atoms with Gasteiger partial charge >= 0.3 is 0 Å². The van der Waals surface area contributed by atoms with Crippen molar-refractivity contribution in [2.75, 3.05) is 0 Å². The van der Waals surface area contributed by atoms with Gasteiger partial charge in [-0.2, -0.15) is 0 Å². The predicted molar refractivity (Wildman–Crippen MR) is 78.3 cm³/mol. The summed E-state index contributed by atoms with van der Waals surface area (Å²) in [5, 5.41) is 3.44. The average molecular weight is 343 g/mol. The lowest BCUT2D eigenvalue weighted by Gasteiger charge is -2.14. The summed E-state index contributed by atoms with van der Waals surface area (Å²) in [6.45, 7) is 2.62. The molecule has 4 nitrogen and oxygen atoms in total. The normalized spacial score (nSPS) is 12.2. The van der Waals surface area contributed by atoms with Crippen LogP contribution in [0.1, 0.15) is 17.3 Å². The summed E-state index contributed by atoms with van der Waals surface area (Å²) in [5.41, 5.74) is 0.547. The SMILES string of the molecule is CC(Cn1ccnc1)NC(=O)c1ccc(Br)c(Cl)c1. The third-order valence-corrected chi connectivity index (χ3v) is 3.84. The highest BCUT2D eigenvalue weighted by atomic mass is 79.9. The molecule has 0 aliphatic rings. The lowest BCUT2D eigenvalue weighted by atomic mass is 10.2. The number of carbonyl (C=O) groups excluding carboxylic acids is 1. The molecule has 1 aromatic heterocycles. The smallest absolute Gasteiger partial charge is 0.251 e. The quantitative estimate of drug-likeness (QED) is 0.928. The van der Waals surface area contributed by atoms with Crippen LogP contribution in [0.2, 0.25) is 5.02 Å². The summed E-state index contributed by atoms with van der Waals surface area (Å²) in [6.07, 6.45) is 5.29. The third-order valence-electron chi connectivity index (χ3n) is 2.60. The molecule has 2 rings (SSSR count). The molecule has 19 heavy (non-hydrogen) atoms. The van der Waals surface area contributed by atoms with Gasteiger partial charge in [0.25, 0.3) is 5.91 Å². The van der Waals surface area contributed by atoms with Gasteiger partial charge in [-0.3, -0.25) is 4.79 Å². The van der Waals surface area contributed by atoms with Crippen molar-refractivity contribution in [1.82, 2.24) is 14.9 Å². The molecule has 0 spiro atoms. The van der Waals surface area contributed by atoms with Crippen molar-refractivity contribution in [2.24, 2.45) is 0 Å². The number of benzene rings is 1. The number of hydrogen-bond donors (Lipinski definition) is 1. The average Bonchev–Trinajstić information content (AvgIpc) is 2.85. The van der Waals surface area contributed by atoms with Gasteiger partial charge in [0, 0.05) is 35.0 Å². The van der Waals surface area contributed by atoms with Crippen molar-refractivity contribution in [3.63, 3.8) is 0 Å². The third kappa shape index (κ3) is 3.81. The highest BCUT2D eigenvalue weighted by Gasteiger charge is 2.11. The number of nitrogens with zero attached hydrogens (tertiary/aromatic N) is 2. The zero-order valence-electron chi connectivity index (χ0n) is 10.3. The number of aromatic nitrogens is 2. The minimum atomic E-state index is -0.137. The number of halogens is 2. The molecule has 100 valence electrons. The molecule has 1 atom stereocenters. The number of amides is 1. The van der Waals surface area contributed by atoms with Crippen molar-refractivity contribution in [3.05, 3.63) is 52.0 Å². The van der Waals surface area contributed by atoms with E-state index < -0.39 is 0 Å². The molecule has 0 saturated heterocycles. The number of carbonyl (C=O) groups is 1. The maximum Gasteiger partial charge on any atom is 0.251 e. The molecule has 0 aliphatic heterocycles. The Kier molecular flexibility index (Phi) is 4.61. The standard InChI is InChI=1S/C13H13BrClN3O/c1-9(7-18-5-4-16-8-18)17-13(19)10-2-3-11(14)12(15)6-10/h2-6,8-9H,7H2,1H3,(H,17,19).